The molecule has 1 heterocycles. The molecule has 0 spiro atoms. The van der Waals surface area contributed by atoms with Crippen molar-refractivity contribution in [2.75, 3.05) is 6.26 Å². The van der Waals surface area contributed by atoms with Crippen LogP contribution in [-0.2, 0) is 9.31 Å². The first-order valence-corrected chi connectivity index (χ1v) is 7.50. The van der Waals surface area contributed by atoms with Crippen molar-refractivity contribution in [3.8, 4) is 0 Å². The molecule has 0 atom stereocenters. The van der Waals surface area contributed by atoms with Crippen molar-refractivity contribution in [1.82, 2.24) is 0 Å². The molecule has 0 unspecified atom stereocenters. The predicted octanol–water partition coefficient (Wildman–Crippen LogP) is 3.02. The Morgan fingerprint density at radius 2 is 1.61 bits per heavy atom. The van der Waals surface area contributed by atoms with Crippen LogP contribution >= 0.6 is 11.8 Å². The van der Waals surface area contributed by atoms with Crippen molar-refractivity contribution < 1.29 is 9.31 Å². The van der Waals surface area contributed by atoms with Gasteiger partial charge in [0.15, 0.2) is 0 Å². The van der Waals surface area contributed by atoms with E-state index in [1.54, 1.807) is 11.8 Å². The van der Waals surface area contributed by atoms with E-state index in [2.05, 4.69) is 59.1 Å². The monoisotopic (exact) mass is 264 g/mol. The smallest absolute Gasteiger partial charge is 0.399 e. The Morgan fingerprint density at radius 1 is 1.06 bits per heavy atom. The fourth-order valence-corrected chi connectivity index (χ4v) is 2.72. The zero-order chi connectivity index (χ0) is 13.6. The minimum Gasteiger partial charge on any atom is -0.399 e. The van der Waals surface area contributed by atoms with Gasteiger partial charge in [-0.2, -0.15) is 0 Å². The van der Waals surface area contributed by atoms with Crippen molar-refractivity contribution in [2.45, 2.75) is 50.7 Å². The van der Waals surface area contributed by atoms with Gasteiger partial charge in [-0.05, 0) is 58.0 Å². The van der Waals surface area contributed by atoms with Crippen LogP contribution in [0.1, 0.15) is 33.3 Å². The van der Waals surface area contributed by atoms with Gasteiger partial charge in [0.1, 0.15) is 0 Å². The van der Waals surface area contributed by atoms with Crippen LogP contribution < -0.4 is 5.46 Å². The van der Waals surface area contributed by atoms with Gasteiger partial charge in [-0.1, -0.05) is 12.1 Å². The highest BCUT2D eigenvalue weighted by molar-refractivity contribution is 7.98. The van der Waals surface area contributed by atoms with E-state index < -0.39 is 0 Å². The first kappa shape index (κ1) is 14.0. The summed E-state index contributed by atoms with van der Waals surface area (Å²) in [6.45, 7) is 10.5. The number of hydrogen-bond donors (Lipinski definition) is 0. The third kappa shape index (κ3) is 2.22. The third-order valence-corrected chi connectivity index (χ3v) is 4.94. The molecule has 0 N–H and O–H groups in total. The molecule has 0 aromatic heterocycles. The second-order valence-electron chi connectivity index (χ2n) is 5.76. The average molecular weight is 264 g/mol. The average Bonchev–Trinajstić information content (AvgIpc) is 2.48. The molecule has 0 saturated carbocycles. The lowest BCUT2D eigenvalue weighted by molar-refractivity contribution is 0.00578. The van der Waals surface area contributed by atoms with E-state index >= 15 is 0 Å². The van der Waals surface area contributed by atoms with Crippen molar-refractivity contribution in [1.29, 1.82) is 0 Å². The summed E-state index contributed by atoms with van der Waals surface area (Å²) < 4.78 is 12.2. The molecule has 1 fully saturated rings. The molecule has 0 aliphatic carbocycles. The highest BCUT2D eigenvalue weighted by Crippen LogP contribution is 2.37. The van der Waals surface area contributed by atoms with Gasteiger partial charge in [0.25, 0.3) is 0 Å². The summed E-state index contributed by atoms with van der Waals surface area (Å²) >= 11 is 1.76. The maximum atomic E-state index is 6.10. The molecule has 1 aliphatic rings. The lowest BCUT2D eigenvalue weighted by Gasteiger charge is -2.32. The molecule has 1 aromatic carbocycles. The van der Waals surface area contributed by atoms with Crippen LogP contribution in [0.5, 0.6) is 0 Å². The van der Waals surface area contributed by atoms with Crippen molar-refractivity contribution in [3.63, 3.8) is 0 Å². The SMILES string of the molecule is CSc1cccc(B2OC(C)(C)C(C)(C)O2)c1C. The fraction of sp³-hybridized carbons (Fsp3) is 0.571. The van der Waals surface area contributed by atoms with E-state index in [1.165, 1.54) is 10.5 Å². The number of benzene rings is 1. The molecule has 18 heavy (non-hydrogen) atoms. The highest BCUT2D eigenvalue weighted by atomic mass is 32.2. The topological polar surface area (TPSA) is 18.5 Å². The van der Waals surface area contributed by atoms with Crippen molar-refractivity contribution >= 4 is 24.3 Å². The van der Waals surface area contributed by atoms with E-state index in [0.29, 0.717) is 0 Å². The molecule has 1 aliphatic heterocycles. The van der Waals surface area contributed by atoms with E-state index in [0.717, 1.165) is 5.46 Å². The summed E-state index contributed by atoms with van der Waals surface area (Å²) in [6, 6.07) is 6.30. The minimum atomic E-state index is -0.278. The Bertz CT molecular complexity index is 441. The Morgan fingerprint density at radius 3 is 2.11 bits per heavy atom. The Kier molecular flexibility index (Phi) is 3.56. The molecule has 1 saturated heterocycles. The Labute approximate surface area is 115 Å². The Balaban J connectivity index is 2.35. The zero-order valence-electron chi connectivity index (χ0n) is 12.0. The van der Waals surface area contributed by atoms with Gasteiger partial charge in [0.2, 0.25) is 0 Å². The maximum Gasteiger partial charge on any atom is 0.495 e. The lowest BCUT2D eigenvalue weighted by atomic mass is 9.76. The summed E-state index contributed by atoms with van der Waals surface area (Å²) in [6.07, 6.45) is 2.09. The normalized spacial score (nSPS) is 21.3. The molecule has 4 heteroatoms. The second-order valence-corrected chi connectivity index (χ2v) is 6.61. The summed E-state index contributed by atoms with van der Waals surface area (Å²) in [5.74, 6) is 0. The van der Waals surface area contributed by atoms with Crippen LogP contribution in [0.25, 0.3) is 0 Å². The van der Waals surface area contributed by atoms with Crippen molar-refractivity contribution in [2.24, 2.45) is 0 Å². The van der Waals surface area contributed by atoms with Gasteiger partial charge < -0.3 is 9.31 Å². The van der Waals surface area contributed by atoms with E-state index in [1.807, 2.05) is 0 Å². The summed E-state index contributed by atoms with van der Waals surface area (Å²) in [4.78, 5) is 1.28. The van der Waals surface area contributed by atoms with Crippen LogP contribution in [0.4, 0.5) is 0 Å². The zero-order valence-corrected chi connectivity index (χ0v) is 12.9. The quantitative estimate of drug-likeness (QED) is 0.604. The van der Waals surface area contributed by atoms with E-state index in [9.17, 15) is 0 Å². The van der Waals surface area contributed by atoms with Crippen LogP contribution in [0, 0.1) is 6.92 Å². The molecule has 1 aromatic rings. The molecular weight excluding hydrogens is 243 g/mol. The first-order chi connectivity index (χ1) is 8.28. The molecule has 2 nitrogen and oxygen atoms in total. The summed E-state index contributed by atoms with van der Waals surface area (Å²) in [5.41, 5.74) is 1.84. The summed E-state index contributed by atoms with van der Waals surface area (Å²) in [7, 11) is -0.262. The predicted molar refractivity (Wildman–Crippen MR) is 78.7 cm³/mol. The Hall–Kier alpha value is -0.445. The minimum absolute atomic E-state index is 0.262. The fourth-order valence-electron chi connectivity index (χ4n) is 2.08. The van der Waals surface area contributed by atoms with Crippen LogP contribution in [-0.4, -0.2) is 24.6 Å². The molecule has 0 bridgehead atoms. The summed E-state index contributed by atoms with van der Waals surface area (Å²) in [5, 5.41) is 0. The molecule has 2 rings (SSSR count). The lowest BCUT2D eigenvalue weighted by Crippen LogP contribution is -2.41. The van der Waals surface area contributed by atoms with Gasteiger partial charge in [0.05, 0.1) is 11.2 Å². The van der Waals surface area contributed by atoms with Gasteiger partial charge >= 0.3 is 7.12 Å². The van der Waals surface area contributed by atoms with Crippen LogP contribution in [0.15, 0.2) is 23.1 Å². The number of rotatable bonds is 2. The molecular formula is C14H21BO2S. The molecule has 98 valence electrons. The van der Waals surface area contributed by atoms with E-state index in [-0.39, 0.29) is 18.3 Å². The first-order valence-electron chi connectivity index (χ1n) is 6.27. The third-order valence-electron chi connectivity index (χ3n) is 4.05. The highest BCUT2D eigenvalue weighted by Gasteiger charge is 2.52. The standard InChI is InChI=1S/C14H21BO2S/c1-10-11(8-7-9-12(10)18-6)15-16-13(2,3)14(4,5)17-15/h7-9H,1-6H3. The van der Waals surface area contributed by atoms with Gasteiger partial charge in [0, 0.05) is 4.90 Å². The van der Waals surface area contributed by atoms with Gasteiger partial charge in [-0.15, -0.1) is 11.8 Å². The van der Waals surface area contributed by atoms with Crippen LogP contribution in [0.2, 0.25) is 0 Å². The van der Waals surface area contributed by atoms with Gasteiger partial charge in [-0.25, -0.2) is 0 Å². The number of hydrogen-bond acceptors (Lipinski definition) is 3. The van der Waals surface area contributed by atoms with E-state index in [4.69, 9.17) is 9.31 Å². The largest absolute Gasteiger partial charge is 0.495 e. The maximum absolute atomic E-state index is 6.10. The van der Waals surface area contributed by atoms with Crippen molar-refractivity contribution in [3.05, 3.63) is 23.8 Å². The second kappa shape index (κ2) is 4.59. The van der Waals surface area contributed by atoms with Crippen LogP contribution in [0.3, 0.4) is 0 Å². The van der Waals surface area contributed by atoms with Gasteiger partial charge in [-0.3, -0.25) is 0 Å². The molecule has 0 amide bonds. The number of thioether (sulfide) groups is 1. The molecule has 0 radical (unpaired) electrons.